The summed E-state index contributed by atoms with van der Waals surface area (Å²) in [5, 5.41) is 0.735. The summed E-state index contributed by atoms with van der Waals surface area (Å²) in [5.74, 6) is 0. The van der Waals surface area contributed by atoms with Crippen molar-refractivity contribution in [1.29, 1.82) is 0 Å². The molecule has 0 spiro atoms. The first-order valence-corrected chi connectivity index (χ1v) is 7.84. The zero-order valence-electron chi connectivity index (χ0n) is 11.0. The molecule has 3 unspecified atom stereocenters. The lowest BCUT2D eigenvalue weighted by atomic mass is 9.98. The summed E-state index contributed by atoms with van der Waals surface area (Å²) < 4.78 is 0. The minimum absolute atomic E-state index is 0.421. The molecule has 0 amide bonds. The molecule has 0 aliphatic carbocycles. The summed E-state index contributed by atoms with van der Waals surface area (Å²) in [6.45, 7) is 4.72. The molecule has 3 atom stereocenters. The number of nitrogens with zero attached hydrogens (tertiary/aromatic N) is 1. The van der Waals surface area contributed by atoms with Crippen molar-refractivity contribution in [3.63, 3.8) is 0 Å². The predicted molar refractivity (Wildman–Crippen MR) is 78.0 cm³/mol. The molecule has 2 N–H and O–H groups in total. The molecule has 1 fully saturated rings. The molecule has 3 heteroatoms. The van der Waals surface area contributed by atoms with E-state index in [1.54, 1.807) is 0 Å². The number of piperidine rings is 1. The summed E-state index contributed by atoms with van der Waals surface area (Å²) in [6, 6.07) is 9.91. The molecule has 0 saturated carbocycles. The van der Waals surface area contributed by atoms with Gasteiger partial charge < -0.3 is 5.73 Å². The van der Waals surface area contributed by atoms with E-state index in [-0.39, 0.29) is 0 Å². The van der Waals surface area contributed by atoms with Gasteiger partial charge in [-0.05, 0) is 44.4 Å². The Kier molecular flexibility index (Phi) is 3.64. The van der Waals surface area contributed by atoms with Gasteiger partial charge in [0.15, 0.2) is 0 Å². The molecule has 2 aliphatic rings. The monoisotopic (exact) mass is 262 g/mol. The molecule has 1 saturated heterocycles. The van der Waals surface area contributed by atoms with Crippen molar-refractivity contribution >= 4 is 11.8 Å². The van der Waals surface area contributed by atoms with Gasteiger partial charge in [-0.15, -0.1) is 11.8 Å². The van der Waals surface area contributed by atoms with Crippen LogP contribution in [0.3, 0.4) is 0 Å². The van der Waals surface area contributed by atoms with Crippen molar-refractivity contribution in [2.75, 3.05) is 13.1 Å². The van der Waals surface area contributed by atoms with Crippen LogP contribution in [0.25, 0.3) is 0 Å². The molecule has 2 aliphatic heterocycles. The minimum atomic E-state index is 0.421. The Morgan fingerprint density at radius 1 is 1.39 bits per heavy atom. The van der Waals surface area contributed by atoms with Crippen molar-refractivity contribution in [3.8, 4) is 0 Å². The third-order valence-corrected chi connectivity index (χ3v) is 5.51. The van der Waals surface area contributed by atoms with Gasteiger partial charge in [0.1, 0.15) is 0 Å². The summed E-state index contributed by atoms with van der Waals surface area (Å²) >= 11 is 2.06. The number of nitrogens with two attached hydrogens (primary N) is 1. The normalized spacial score (nSPS) is 32.4. The first-order valence-electron chi connectivity index (χ1n) is 6.96. The second-order valence-corrected chi connectivity index (χ2v) is 7.02. The van der Waals surface area contributed by atoms with Crippen LogP contribution in [-0.2, 0) is 6.42 Å². The van der Waals surface area contributed by atoms with Crippen molar-refractivity contribution in [3.05, 3.63) is 29.8 Å². The van der Waals surface area contributed by atoms with Gasteiger partial charge >= 0.3 is 0 Å². The SMILES string of the molecule is CC1CC(N)CCN1CC1Cc2ccccc2S1. The highest BCUT2D eigenvalue weighted by atomic mass is 32.2. The highest BCUT2D eigenvalue weighted by molar-refractivity contribution is 8.00. The average molecular weight is 262 g/mol. The molecule has 3 rings (SSSR count). The Labute approximate surface area is 114 Å². The summed E-state index contributed by atoms with van der Waals surface area (Å²) in [7, 11) is 0. The van der Waals surface area contributed by atoms with E-state index in [1.165, 1.54) is 30.0 Å². The lowest BCUT2D eigenvalue weighted by molar-refractivity contribution is 0.148. The smallest absolute Gasteiger partial charge is 0.0263 e. The minimum Gasteiger partial charge on any atom is -0.328 e. The third-order valence-electron chi connectivity index (χ3n) is 4.21. The van der Waals surface area contributed by atoms with Crippen LogP contribution in [0.5, 0.6) is 0 Å². The van der Waals surface area contributed by atoms with E-state index in [9.17, 15) is 0 Å². The maximum atomic E-state index is 6.03. The maximum Gasteiger partial charge on any atom is 0.0263 e. The third kappa shape index (κ3) is 2.58. The van der Waals surface area contributed by atoms with Crippen molar-refractivity contribution in [1.82, 2.24) is 4.90 Å². The van der Waals surface area contributed by atoms with Gasteiger partial charge in [0, 0.05) is 28.8 Å². The predicted octanol–water partition coefficient (Wildman–Crippen LogP) is 2.52. The van der Waals surface area contributed by atoms with Crippen LogP contribution in [0.4, 0.5) is 0 Å². The van der Waals surface area contributed by atoms with E-state index in [0.717, 1.165) is 18.1 Å². The molecule has 0 bridgehead atoms. The van der Waals surface area contributed by atoms with Crippen LogP contribution < -0.4 is 5.73 Å². The van der Waals surface area contributed by atoms with Crippen LogP contribution in [0, 0.1) is 0 Å². The maximum absolute atomic E-state index is 6.03. The van der Waals surface area contributed by atoms with Crippen LogP contribution in [0.2, 0.25) is 0 Å². The summed E-state index contributed by atoms with van der Waals surface area (Å²) in [6.07, 6.45) is 3.55. The molecule has 1 aromatic rings. The first-order chi connectivity index (χ1) is 8.72. The van der Waals surface area contributed by atoms with Crippen LogP contribution in [-0.4, -0.2) is 35.3 Å². The fourth-order valence-electron chi connectivity index (χ4n) is 3.15. The Hall–Kier alpha value is -0.510. The number of rotatable bonds is 2. The van der Waals surface area contributed by atoms with E-state index in [4.69, 9.17) is 5.73 Å². The Balaban J connectivity index is 1.59. The first kappa shape index (κ1) is 12.5. The fraction of sp³-hybridized carbons (Fsp3) is 0.600. The average Bonchev–Trinajstić information content (AvgIpc) is 2.75. The van der Waals surface area contributed by atoms with E-state index >= 15 is 0 Å². The van der Waals surface area contributed by atoms with Gasteiger partial charge in [0.25, 0.3) is 0 Å². The Morgan fingerprint density at radius 2 is 2.22 bits per heavy atom. The standard InChI is InChI=1S/C15H22N2S/c1-11-8-13(16)6-7-17(11)10-14-9-12-4-2-3-5-15(12)18-14/h2-5,11,13-14H,6-10,16H2,1H3. The molecular weight excluding hydrogens is 240 g/mol. The fourth-order valence-corrected chi connectivity index (χ4v) is 4.49. The second-order valence-electron chi connectivity index (χ2n) is 5.68. The quantitative estimate of drug-likeness (QED) is 0.888. The molecule has 0 aromatic heterocycles. The van der Waals surface area contributed by atoms with Crippen molar-refractivity contribution in [2.45, 2.75) is 48.4 Å². The van der Waals surface area contributed by atoms with E-state index in [2.05, 4.69) is 47.9 Å². The number of thioether (sulfide) groups is 1. The zero-order valence-corrected chi connectivity index (χ0v) is 11.8. The lowest BCUT2D eigenvalue weighted by Gasteiger charge is -2.37. The number of fused-ring (bicyclic) bond motifs is 1. The second kappa shape index (κ2) is 5.24. The topological polar surface area (TPSA) is 29.3 Å². The molecule has 2 heterocycles. The molecular formula is C15H22N2S. The van der Waals surface area contributed by atoms with Gasteiger partial charge in [-0.2, -0.15) is 0 Å². The number of hydrogen-bond donors (Lipinski definition) is 1. The largest absolute Gasteiger partial charge is 0.328 e. The summed E-state index contributed by atoms with van der Waals surface area (Å²) in [5.41, 5.74) is 7.57. The van der Waals surface area contributed by atoms with Crippen LogP contribution in [0.1, 0.15) is 25.3 Å². The molecule has 1 aromatic carbocycles. The number of hydrogen-bond acceptors (Lipinski definition) is 3. The van der Waals surface area contributed by atoms with Crippen LogP contribution >= 0.6 is 11.8 Å². The Morgan fingerprint density at radius 3 is 3.00 bits per heavy atom. The molecule has 98 valence electrons. The van der Waals surface area contributed by atoms with Gasteiger partial charge in [0.05, 0.1) is 0 Å². The van der Waals surface area contributed by atoms with Gasteiger partial charge in [-0.3, -0.25) is 4.90 Å². The van der Waals surface area contributed by atoms with Gasteiger partial charge in [-0.1, -0.05) is 18.2 Å². The van der Waals surface area contributed by atoms with Gasteiger partial charge in [-0.25, -0.2) is 0 Å². The molecule has 2 nitrogen and oxygen atoms in total. The summed E-state index contributed by atoms with van der Waals surface area (Å²) in [4.78, 5) is 4.12. The van der Waals surface area contributed by atoms with E-state index in [1.807, 2.05) is 0 Å². The zero-order chi connectivity index (χ0) is 12.5. The Bertz CT molecular complexity index is 396. The lowest BCUT2D eigenvalue weighted by Crippen LogP contribution is -2.47. The van der Waals surface area contributed by atoms with Crippen LogP contribution in [0.15, 0.2) is 29.2 Å². The number of likely N-dealkylation sites (tertiary alicyclic amines) is 1. The van der Waals surface area contributed by atoms with E-state index in [0.29, 0.717) is 12.1 Å². The number of benzene rings is 1. The van der Waals surface area contributed by atoms with Crippen molar-refractivity contribution in [2.24, 2.45) is 5.73 Å². The van der Waals surface area contributed by atoms with Gasteiger partial charge in [0.2, 0.25) is 0 Å². The molecule has 0 radical (unpaired) electrons. The highest BCUT2D eigenvalue weighted by Crippen LogP contribution is 2.37. The van der Waals surface area contributed by atoms with Crippen molar-refractivity contribution < 1.29 is 0 Å². The van der Waals surface area contributed by atoms with E-state index < -0.39 is 0 Å². The highest BCUT2D eigenvalue weighted by Gasteiger charge is 2.28. The molecule has 18 heavy (non-hydrogen) atoms.